The Hall–Kier alpha value is -0.260. The summed E-state index contributed by atoms with van der Waals surface area (Å²) in [5, 5.41) is 8.49. The van der Waals surface area contributed by atoms with E-state index in [1.165, 1.54) is 0 Å². The Morgan fingerprint density at radius 1 is 1.64 bits per heavy atom. The van der Waals surface area contributed by atoms with Crippen LogP contribution in [0.1, 0.15) is 6.92 Å². The highest BCUT2D eigenvalue weighted by Gasteiger charge is 2.05. The van der Waals surface area contributed by atoms with Crippen LogP contribution in [-0.2, 0) is 9.53 Å². The molecule has 84 valence electrons. The molecule has 0 aliphatic heterocycles. The van der Waals surface area contributed by atoms with Gasteiger partial charge in [-0.3, -0.25) is 9.69 Å². The second kappa shape index (κ2) is 8.08. The first kappa shape index (κ1) is 13.7. The Morgan fingerprint density at radius 3 is 2.79 bits per heavy atom. The van der Waals surface area contributed by atoms with Gasteiger partial charge in [-0.15, -0.1) is 0 Å². The zero-order valence-corrected chi connectivity index (χ0v) is 9.84. The number of carbonyl (C=O) groups is 1. The number of aliphatic carboxylic acids is 1. The Morgan fingerprint density at radius 2 is 2.29 bits per heavy atom. The third-order valence-corrected chi connectivity index (χ3v) is 2.48. The first-order valence-corrected chi connectivity index (χ1v) is 5.96. The average Bonchev–Trinajstić information content (AvgIpc) is 2.02. The summed E-state index contributed by atoms with van der Waals surface area (Å²) < 4.78 is 5.48. The van der Waals surface area contributed by atoms with E-state index in [9.17, 15) is 4.79 Å². The lowest BCUT2D eigenvalue weighted by atomic mass is 10.4. The molecular formula is C9H19NO3S. The van der Waals surface area contributed by atoms with Crippen LogP contribution in [0.5, 0.6) is 0 Å². The predicted octanol–water partition coefficient (Wildman–Crippen LogP) is 0.771. The van der Waals surface area contributed by atoms with Crippen LogP contribution in [0.2, 0.25) is 0 Å². The zero-order valence-electron chi connectivity index (χ0n) is 9.02. The van der Waals surface area contributed by atoms with Crippen molar-refractivity contribution in [3.63, 3.8) is 0 Å². The van der Waals surface area contributed by atoms with E-state index in [0.29, 0.717) is 13.2 Å². The summed E-state index contributed by atoms with van der Waals surface area (Å²) in [6, 6.07) is 0. The molecule has 0 aliphatic carbocycles. The van der Waals surface area contributed by atoms with Gasteiger partial charge in [0.25, 0.3) is 0 Å². The Balaban J connectivity index is 3.38. The molecule has 1 unspecified atom stereocenters. The summed E-state index contributed by atoms with van der Waals surface area (Å²) >= 11 is 1.75. The van der Waals surface area contributed by atoms with E-state index in [1.807, 2.05) is 13.2 Å². The fourth-order valence-corrected chi connectivity index (χ4v) is 1.57. The molecule has 5 heteroatoms. The van der Waals surface area contributed by atoms with E-state index >= 15 is 0 Å². The third-order valence-electron chi connectivity index (χ3n) is 1.68. The molecule has 14 heavy (non-hydrogen) atoms. The minimum atomic E-state index is -0.801. The molecule has 0 saturated carbocycles. The van der Waals surface area contributed by atoms with Crippen molar-refractivity contribution < 1.29 is 14.6 Å². The molecule has 0 aliphatic rings. The zero-order chi connectivity index (χ0) is 11.0. The van der Waals surface area contributed by atoms with Crippen LogP contribution in [0.3, 0.4) is 0 Å². The topological polar surface area (TPSA) is 49.8 Å². The van der Waals surface area contributed by atoms with Crippen molar-refractivity contribution in [1.82, 2.24) is 4.90 Å². The molecular weight excluding hydrogens is 202 g/mol. The van der Waals surface area contributed by atoms with E-state index in [2.05, 4.69) is 0 Å². The van der Waals surface area contributed by atoms with Crippen LogP contribution in [-0.4, -0.2) is 60.8 Å². The molecule has 0 radical (unpaired) electrons. The summed E-state index contributed by atoms with van der Waals surface area (Å²) in [6.07, 6.45) is 2.28. The fraction of sp³-hybridized carbons (Fsp3) is 0.889. The van der Waals surface area contributed by atoms with Gasteiger partial charge in [-0.2, -0.15) is 11.8 Å². The number of nitrogens with zero attached hydrogens (tertiary/aromatic N) is 1. The average molecular weight is 221 g/mol. The van der Waals surface area contributed by atoms with Gasteiger partial charge in [-0.1, -0.05) is 0 Å². The van der Waals surface area contributed by atoms with Crippen LogP contribution in [0, 0.1) is 0 Å². The largest absolute Gasteiger partial charge is 0.480 e. The van der Waals surface area contributed by atoms with Gasteiger partial charge in [-0.05, 0) is 20.2 Å². The molecule has 1 atom stereocenters. The van der Waals surface area contributed by atoms with Gasteiger partial charge in [0.2, 0.25) is 0 Å². The van der Waals surface area contributed by atoms with E-state index in [0.717, 1.165) is 5.75 Å². The lowest BCUT2D eigenvalue weighted by Crippen LogP contribution is -2.30. The fourth-order valence-electron chi connectivity index (χ4n) is 1.00. The number of ether oxygens (including phenoxy) is 1. The summed E-state index contributed by atoms with van der Waals surface area (Å²) in [6.45, 7) is 3.34. The summed E-state index contributed by atoms with van der Waals surface area (Å²) in [7, 11) is 1.77. The summed E-state index contributed by atoms with van der Waals surface area (Å²) in [5.41, 5.74) is 0. The predicted molar refractivity (Wildman–Crippen MR) is 58.9 cm³/mol. The van der Waals surface area contributed by atoms with Gasteiger partial charge in [0, 0.05) is 12.3 Å². The minimum Gasteiger partial charge on any atom is -0.480 e. The number of hydrogen-bond acceptors (Lipinski definition) is 4. The molecule has 0 amide bonds. The first-order valence-electron chi connectivity index (χ1n) is 4.57. The molecule has 0 bridgehead atoms. The van der Waals surface area contributed by atoms with Gasteiger partial charge >= 0.3 is 5.97 Å². The molecule has 0 aromatic rings. The molecule has 0 aromatic heterocycles. The van der Waals surface area contributed by atoms with Crippen molar-refractivity contribution >= 4 is 17.7 Å². The van der Waals surface area contributed by atoms with Gasteiger partial charge < -0.3 is 9.84 Å². The van der Waals surface area contributed by atoms with Crippen molar-refractivity contribution in [2.45, 2.75) is 13.0 Å². The highest BCUT2D eigenvalue weighted by atomic mass is 32.2. The van der Waals surface area contributed by atoms with Crippen LogP contribution in [0.15, 0.2) is 0 Å². The van der Waals surface area contributed by atoms with E-state index in [4.69, 9.17) is 9.84 Å². The van der Waals surface area contributed by atoms with Crippen molar-refractivity contribution in [1.29, 1.82) is 0 Å². The standard InChI is InChI=1S/C9H19NO3S/c1-8(7-14-3)13-5-4-10(2)6-9(11)12/h8H,4-7H2,1-3H3,(H,11,12). The smallest absolute Gasteiger partial charge is 0.317 e. The minimum absolute atomic E-state index is 0.0697. The van der Waals surface area contributed by atoms with E-state index in [1.54, 1.807) is 23.7 Å². The van der Waals surface area contributed by atoms with Crippen molar-refractivity contribution in [2.75, 3.05) is 38.8 Å². The lowest BCUT2D eigenvalue weighted by molar-refractivity contribution is -0.138. The van der Waals surface area contributed by atoms with Crippen LogP contribution in [0.4, 0.5) is 0 Å². The molecule has 1 N–H and O–H groups in total. The van der Waals surface area contributed by atoms with Gasteiger partial charge in [0.05, 0.1) is 19.3 Å². The molecule has 0 saturated heterocycles. The number of carboxylic acids is 1. The first-order chi connectivity index (χ1) is 6.56. The third kappa shape index (κ3) is 8.34. The van der Waals surface area contributed by atoms with Crippen molar-refractivity contribution in [3.8, 4) is 0 Å². The molecule has 0 rings (SSSR count). The molecule has 4 nitrogen and oxygen atoms in total. The van der Waals surface area contributed by atoms with Crippen molar-refractivity contribution in [3.05, 3.63) is 0 Å². The molecule has 0 fully saturated rings. The number of likely N-dealkylation sites (N-methyl/N-ethyl adjacent to an activating group) is 1. The monoisotopic (exact) mass is 221 g/mol. The van der Waals surface area contributed by atoms with Crippen LogP contribution in [0.25, 0.3) is 0 Å². The van der Waals surface area contributed by atoms with Crippen LogP contribution < -0.4 is 0 Å². The molecule has 0 aromatic carbocycles. The summed E-state index contributed by atoms with van der Waals surface area (Å²) in [5.74, 6) is 0.174. The van der Waals surface area contributed by atoms with E-state index < -0.39 is 5.97 Å². The number of thioether (sulfide) groups is 1. The SMILES string of the molecule is CSCC(C)OCCN(C)CC(=O)O. The second-order valence-corrected chi connectivity index (χ2v) is 4.18. The molecule has 0 spiro atoms. The van der Waals surface area contributed by atoms with Gasteiger partial charge in [-0.25, -0.2) is 0 Å². The Kier molecular flexibility index (Phi) is 7.93. The molecule has 0 heterocycles. The Labute approximate surface area is 89.6 Å². The Bertz CT molecular complexity index is 166. The summed E-state index contributed by atoms with van der Waals surface area (Å²) in [4.78, 5) is 12.1. The maximum atomic E-state index is 10.3. The highest BCUT2D eigenvalue weighted by Crippen LogP contribution is 2.00. The quantitative estimate of drug-likeness (QED) is 0.656. The number of rotatable bonds is 8. The number of hydrogen-bond donors (Lipinski definition) is 1. The van der Waals surface area contributed by atoms with Crippen LogP contribution >= 0.6 is 11.8 Å². The normalized spacial score (nSPS) is 13.1. The van der Waals surface area contributed by atoms with E-state index in [-0.39, 0.29) is 12.6 Å². The second-order valence-electron chi connectivity index (χ2n) is 3.27. The maximum absolute atomic E-state index is 10.3. The van der Waals surface area contributed by atoms with Gasteiger partial charge in [0.15, 0.2) is 0 Å². The van der Waals surface area contributed by atoms with Gasteiger partial charge in [0.1, 0.15) is 0 Å². The maximum Gasteiger partial charge on any atom is 0.317 e. The lowest BCUT2D eigenvalue weighted by Gasteiger charge is -2.16. The highest BCUT2D eigenvalue weighted by molar-refractivity contribution is 7.98. The van der Waals surface area contributed by atoms with Crippen molar-refractivity contribution in [2.24, 2.45) is 0 Å². The number of carboxylic acid groups (broad SMARTS) is 1.